The van der Waals surface area contributed by atoms with Crippen molar-refractivity contribution in [2.45, 2.75) is 24.8 Å². The number of hydrogen-bond acceptors (Lipinski definition) is 2. The molecule has 1 spiro atoms. The minimum atomic E-state index is -0.447. The molecule has 0 fully saturated rings. The van der Waals surface area contributed by atoms with Crippen molar-refractivity contribution < 1.29 is 4.79 Å². The minimum absolute atomic E-state index is 0.317. The summed E-state index contributed by atoms with van der Waals surface area (Å²) in [5.74, 6) is 0.427. The van der Waals surface area contributed by atoms with E-state index >= 15 is 0 Å². The van der Waals surface area contributed by atoms with E-state index in [0.717, 1.165) is 23.7 Å². The normalized spacial score (nSPS) is 26.6. The van der Waals surface area contributed by atoms with Crippen molar-refractivity contribution in [3.8, 4) is 0 Å². The zero-order valence-electron chi connectivity index (χ0n) is 9.16. The SMILES string of the molecule is NC1=NC(=O)NC12CCc1cc(Br)ccc1C2. The molecular weight excluding hydrogens is 282 g/mol. The zero-order chi connectivity index (χ0) is 12.0. The number of carbonyl (C=O) groups is 1. The molecule has 0 aromatic heterocycles. The van der Waals surface area contributed by atoms with Crippen molar-refractivity contribution in [1.29, 1.82) is 0 Å². The van der Waals surface area contributed by atoms with Crippen molar-refractivity contribution in [2.24, 2.45) is 10.7 Å². The lowest BCUT2D eigenvalue weighted by Crippen LogP contribution is -2.55. The predicted molar refractivity (Wildman–Crippen MR) is 69.1 cm³/mol. The van der Waals surface area contributed by atoms with Crippen LogP contribution in [0.2, 0.25) is 0 Å². The van der Waals surface area contributed by atoms with Crippen LogP contribution in [0.4, 0.5) is 4.79 Å². The summed E-state index contributed by atoms with van der Waals surface area (Å²) in [6.07, 6.45) is 2.46. The third-order valence-electron chi connectivity index (χ3n) is 3.54. The van der Waals surface area contributed by atoms with E-state index in [1.54, 1.807) is 0 Å². The van der Waals surface area contributed by atoms with Crippen LogP contribution < -0.4 is 11.1 Å². The van der Waals surface area contributed by atoms with Gasteiger partial charge in [0.2, 0.25) is 0 Å². The number of rotatable bonds is 0. The summed E-state index contributed by atoms with van der Waals surface area (Å²) in [7, 11) is 0. The quantitative estimate of drug-likeness (QED) is 0.765. The number of amides is 2. The van der Waals surface area contributed by atoms with Gasteiger partial charge in [-0.3, -0.25) is 0 Å². The molecule has 1 aliphatic carbocycles. The summed E-state index contributed by atoms with van der Waals surface area (Å²) < 4.78 is 1.09. The Bertz CT molecular complexity index is 541. The third kappa shape index (κ3) is 1.65. The van der Waals surface area contributed by atoms with Gasteiger partial charge in [-0.25, -0.2) is 4.79 Å². The maximum atomic E-state index is 11.3. The maximum absolute atomic E-state index is 11.3. The second-order valence-corrected chi connectivity index (χ2v) is 5.51. The molecule has 88 valence electrons. The maximum Gasteiger partial charge on any atom is 0.343 e. The molecule has 1 unspecified atom stereocenters. The Balaban J connectivity index is 1.98. The molecule has 3 N–H and O–H groups in total. The van der Waals surface area contributed by atoms with E-state index in [1.807, 2.05) is 6.07 Å². The highest BCUT2D eigenvalue weighted by molar-refractivity contribution is 9.10. The first-order chi connectivity index (χ1) is 8.09. The van der Waals surface area contributed by atoms with Gasteiger partial charge in [-0.05, 0) is 36.1 Å². The number of carbonyl (C=O) groups excluding carboxylic acids is 1. The van der Waals surface area contributed by atoms with Crippen LogP contribution in [-0.2, 0) is 12.8 Å². The monoisotopic (exact) mass is 293 g/mol. The average Bonchev–Trinajstić information content (AvgIpc) is 2.54. The van der Waals surface area contributed by atoms with Crippen molar-refractivity contribution in [1.82, 2.24) is 5.32 Å². The Kier molecular flexibility index (Phi) is 2.26. The van der Waals surface area contributed by atoms with E-state index in [0.29, 0.717) is 5.84 Å². The molecule has 1 aromatic carbocycles. The molecule has 1 heterocycles. The van der Waals surface area contributed by atoms with Crippen LogP contribution in [-0.4, -0.2) is 17.4 Å². The second-order valence-electron chi connectivity index (χ2n) is 4.60. The molecule has 0 bridgehead atoms. The Labute approximate surface area is 107 Å². The summed E-state index contributed by atoms with van der Waals surface area (Å²) >= 11 is 3.47. The van der Waals surface area contributed by atoms with E-state index in [-0.39, 0.29) is 6.03 Å². The molecule has 0 radical (unpaired) electrons. The lowest BCUT2D eigenvalue weighted by molar-refractivity contribution is 0.244. The molecule has 3 rings (SSSR count). The standard InChI is InChI=1S/C12H12BrN3O/c13-9-2-1-8-6-12(4-3-7(8)5-9)10(14)15-11(17)16-12/h1-2,5H,3-4,6H2,(H3,14,15,16,17). The number of hydrogen-bond donors (Lipinski definition) is 2. The number of nitrogens with two attached hydrogens (primary N) is 1. The molecule has 2 aliphatic rings. The number of aryl methyl sites for hydroxylation is 1. The molecule has 1 aromatic rings. The number of halogens is 1. The van der Waals surface area contributed by atoms with E-state index in [4.69, 9.17) is 5.73 Å². The predicted octanol–water partition coefficient (Wildman–Crippen LogP) is 1.76. The Morgan fingerprint density at radius 3 is 2.94 bits per heavy atom. The molecule has 1 atom stereocenters. The van der Waals surface area contributed by atoms with E-state index in [9.17, 15) is 4.79 Å². The molecule has 0 saturated carbocycles. The van der Waals surface area contributed by atoms with Crippen molar-refractivity contribution in [3.05, 3.63) is 33.8 Å². The molecule has 0 saturated heterocycles. The van der Waals surface area contributed by atoms with E-state index in [1.165, 1.54) is 11.1 Å². The van der Waals surface area contributed by atoms with Crippen molar-refractivity contribution >= 4 is 27.8 Å². The Morgan fingerprint density at radius 1 is 1.41 bits per heavy atom. The number of aliphatic imine (C=N–C) groups is 1. The summed E-state index contributed by atoms with van der Waals surface area (Å²) in [6, 6.07) is 5.91. The van der Waals surface area contributed by atoms with Crippen LogP contribution in [0.1, 0.15) is 17.5 Å². The summed E-state index contributed by atoms with van der Waals surface area (Å²) in [5, 5.41) is 2.90. The molecule has 4 nitrogen and oxygen atoms in total. The first-order valence-electron chi connectivity index (χ1n) is 5.53. The molecular formula is C12H12BrN3O. The number of nitrogens with zero attached hydrogens (tertiary/aromatic N) is 1. The molecule has 2 amide bonds. The highest BCUT2D eigenvalue weighted by atomic mass is 79.9. The third-order valence-corrected chi connectivity index (χ3v) is 4.03. The van der Waals surface area contributed by atoms with Crippen LogP contribution in [0.25, 0.3) is 0 Å². The van der Waals surface area contributed by atoms with Gasteiger partial charge in [0.25, 0.3) is 0 Å². The van der Waals surface area contributed by atoms with Gasteiger partial charge in [0.1, 0.15) is 11.4 Å². The van der Waals surface area contributed by atoms with Gasteiger partial charge in [-0.15, -0.1) is 0 Å². The lowest BCUT2D eigenvalue weighted by atomic mass is 9.77. The van der Waals surface area contributed by atoms with Crippen LogP contribution in [0.3, 0.4) is 0 Å². The molecule has 17 heavy (non-hydrogen) atoms. The zero-order valence-corrected chi connectivity index (χ0v) is 10.8. The average molecular weight is 294 g/mol. The van der Waals surface area contributed by atoms with Gasteiger partial charge in [-0.1, -0.05) is 22.0 Å². The fourth-order valence-electron chi connectivity index (χ4n) is 2.60. The smallest absolute Gasteiger partial charge is 0.343 e. The van der Waals surface area contributed by atoms with Crippen LogP contribution in [0, 0.1) is 0 Å². The topological polar surface area (TPSA) is 67.5 Å². The van der Waals surface area contributed by atoms with Gasteiger partial charge < -0.3 is 11.1 Å². The highest BCUT2D eigenvalue weighted by Gasteiger charge is 2.43. The number of amidine groups is 1. The highest BCUT2D eigenvalue weighted by Crippen LogP contribution is 2.32. The van der Waals surface area contributed by atoms with Crippen LogP contribution in [0.15, 0.2) is 27.7 Å². The Morgan fingerprint density at radius 2 is 2.24 bits per heavy atom. The fraction of sp³-hybridized carbons (Fsp3) is 0.333. The number of benzene rings is 1. The Hall–Kier alpha value is -1.36. The van der Waals surface area contributed by atoms with E-state index in [2.05, 4.69) is 38.4 Å². The fourth-order valence-corrected chi connectivity index (χ4v) is 3.01. The van der Waals surface area contributed by atoms with E-state index < -0.39 is 5.54 Å². The van der Waals surface area contributed by atoms with Crippen molar-refractivity contribution in [2.75, 3.05) is 0 Å². The number of urea groups is 1. The summed E-state index contributed by atoms with van der Waals surface area (Å²) in [4.78, 5) is 15.1. The first kappa shape index (κ1) is 10.8. The van der Waals surface area contributed by atoms with Crippen LogP contribution in [0.5, 0.6) is 0 Å². The lowest BCUT2D eigenvalue weighted by Gasteiger charge is -2.34. The molecule has 5 heteroatoms. The first-order valence-corrected chi connectivity index (χ1v) is 6.32. The summed E-state index contributed by atoms with van der Waals surface area (Å²) in [6.45, 7) is 0. The van der Waals surface area contributed by atoms with Gasteiger partial charge >= 0.3 is 6.03 Å². The minimum Gasteiger partial charge on any atom is -0.385 e. The van der Waals surface area contributed by atoms with Gasteiger partial charge in [-0.2, -0.15) is 4.99 Å². The number of fused-ring (bicyclic) bond motifs is 1. The van der Waals surface area contributed by atoms with Gasteiger partial charge in [0.15, 0.2) is 0 Å². The molecule has 1 aliphatic heterocycles. The van der Waals surface area contributed by atoms with Gasteiger partial charge in [0, 0.05) is 10.9 Å². The second kappa shape index (κ2) is 3.57. The van der Waals surface area contributed by atoms with Gasteiger partial charge in [0.05, 0.1) is 0 Å². The largest absolute Gasteiger partial charge is 0.385 e. The van der Waals surface area contributed by atoms with Crippen LogP contribution >= 0.6 is 15.9 Å². The number of nitrogens with one attached hydrogen (secondary N) is 1. The van der Waals surface area contributed by atoms with Crippen molar-refractivity contribution in [3.63, 3.8) is 0 Å². The summed E-state index contributed by atoms with van der Waals surface area (Å²) in [5.41, 5.74) is 7.99.